The van der Waals surface area contributed by atoms with E-state index >= 15 is 0 Å². The highest BCUT2D eigenvalue weighted by molar-refractivity contribution is 5.89. The van der Waals surface area contributed by atoms with E-state index in [4.69, 9.17) is 4.98 Å². The molecular formula is C24H22F2N6O. The van der Waals surface area contributed by atoms with Gasteiger partial charge in [0.2, 0.25) is 0 Å². The lowest BCUT2D eigenvalue weighted by Gasteiger charge is -2.34. The predicted octanol–water partition coefficient (Wildman–Crippen LogP) is 4.05. The lowest BCUT2D eigenvalue weighted by atomic mass is 10.3. The number of fused-ring (bicyclic) bond motifs is 1. The number of hydrogen-bond acceptors (Lipinski definition) is 4. The Bertz CT molecular complexity index is 1280. The van der Waals surface area contributed by atoms with E-state index in [1.54, 1.807) is 11.1 Å². The summed E-state index contributed by atoms with van der Waals surface area (Å²) in [6, 6.07) is 16.3. The highest BCUT2D eigenvalue weighted by Crippen LogP contribution is 2.22. The maximum absolute atomic E-state index is 13.8. The largest absolute Gasteiger partial charge is 0.322 e. The van der Waals surface area contributed by atoms with E-state index in [2.05, 4.69) is 19.8 Å². The van der Waals surface area contributed by atoms with Crippen LogP contribution in [0, 0.1) is 11.6 Å². The smallest absolute Gasteiger partial charge is 0.322 e. The third-order valence-electron chi connectivity index (χ3n) is 5.69. The fraction of sp³-hybridized carbons (Fsp3) is 0.208. The molecule has 0 bridgehead atoms. The molecule has 2 aromatic heterocycles. The first-order valence-electron chi connectivity index (χ1n) is 10.7. The number of piperazine rings is 1. The first-order chi connectivity index (χ1) is 16.1. The Balaban J connectivity index is 1.28. The molecule has 7 nitrogen and oxygen atoms in total. The Morgan fingerprint density at radius 2 is 1.76 bits per heavy atom. The number of halogens is 2. The summed E-state index contributed by atoms with van der Waals surface area (Å²) in [5.41, 5.74) is 2.45. The van der Waals surface area contributed by atoms with E-state index in [9.17, 15) is 13.6 Å². The highest BCUT2D eigenvalue weighted by Gasteiger charge is 2.24. The number of hydrogen-bond donors (Lipinski definition) is 1. The van der Waals surface area contributed by atoms with Crippen LogP contribution >= 0.6 is 0 Å². The van der Waals surface area contributed by atoms with Crippen LogP contribution in [0.15, 0.2) is 66.9 Å². The Labute approximate surface area is 189 Å². The fourth-order valence-electron chi connectivity index (χ4n) is 4.01. The molecule has 0 saturated carbocycles. The van der Waals surface area contributed by atoms with Gasteiger partial charge in [-0.1, -0.05) is 18.2 Å². The van der Waals surface area contributed by atoms with Crippen LogP contribution in [0.4, 0.5) is 19.3 Å². The van der Waals surface area contributed by atoms with Crippen LogP contribution in [-0.4, -0.2) is 56.5 Å². The molecule has 168 valence electrons. The van der Waals surface area contributed by atoms with E-state index in [1.165, 1.54) is 0 Å². The van der Waals surface area contributed by atoms with Crippen molar-refractivity contribution >= 4 is 22.9 Å². The first-order valence-corrected chi connectivity index (χ1v) is 10.7. The second-order valence-corrected chi connectivity index (χ2v) is 7.86. The summed E-state index contributed by atoms with van der Waals surface area (Å²) in [5, 5.41) is 2.46. The number of rotatable bonds is 4. The monoisotopic (exact) mass is 448 g/mol. The average molecular weight is 448 g/mol. The predicted molar refractivity (Wildman–Crippen MR) is 121 cm³/mol. The van der Waals surface area contributed by atoms with Gasteiger partial charge in [0.05, 0.1) is 12.2 Å². The zero-order chi connectivity index (χ0) is 22.8. The number of carbonyl (C=O) groups excluding carboxylic acids is 1. The molecule has 0 aliphatic carbocycles. The molecule has 1 aliphatic heterocycles. The number of nitrogens with zero attached hydrogens (tertiary/aromatic N) is 5. The Morgan fingerprint density at radius 1 is 0.970 bits per heavy atom. The van der Waals surface area contributed by atoms with Gasteiger partial charge in [-0.25, -0.2) is 23.5 Å². The molecule has 0 radical (unpaired) electrons. The lowest BCUT2D eigenvalue weighted by Crippen LogP contribution is -2.49. The van der Waals surface area contributed by atoms with Gasteiger partial charge >= 0.3 is 6.03 Å². The van der Waals surface area contributed by atoms with Gasteiger partial charge in [0.1, 0.15) is 23.0 Å². The fourth-order valence-corrected chi connectivity index (χ4v) is 4.01. The topological polar surface area (TPSA) is 66.3 Å². The number of anilines is 1. The summed E-state index contributed by atoms with van der Waals surface area (Å²) in [6.07, 6.45) is 1.76. The molecule has 1 saturated heterocycles. The van der Waals surface area contributed by atoms with Crippen molar-refractivity contribution in [2.75, 3.05) is 31.5 Å². The van der Waals surface area contributed by atoms with E-state index in [1.807, 2.05) is 42.5 Å². The minimum absolute atomic E-state index is 0.161. The second-order valence-electron chi connectivity index (χ2n) is 7.86. The minimum Gasteiger partial charge on any atom is -0.322 e. The number of benzene rings is 2. The maximum Gasteiger partial charge on any atom is 0.322 e. The third-order valence-corrected chi connectivity index (χ3v) is 5.69. The Hall–Kier alpha value is -3.85. The molecule has 1 N–H and O–H groups in total. The summed E-state index contributed by atoms with van der Waals surface area (Å²) in [7, 11) is 0. The van der Waals surface area contributed by atoms with Crippen LogP contribution in [0.1, 0.15) is 5.82 Å². The summed E-state index contributed by atoms with van der Waals surface area (Å²) in [5.74, 6) is -0.404. The molecule has 5 rings (SSSR count). The number of pyridine rings is 1. The van der Waals surface area contributed by atoms with Gasteiger partial charge in [-0.15, -0.1) is 0 Å². The summed E-state index contributed by atoms with van der Waals surface area (Å²) >= 11 is 0. The normalized spacial score (nSPS) is 14.5. The summed E-state index contributed by atoms with van der Waals surface area (Å²) in [4.78, 5) is 25.7. The van der Waals surface area contributed by atoms with Crippen molar-refractivity contribution in [3.05, 3.63) is 84.3 Å². The molecule has 1 fully saturated rings. The van der Waals surface area contributed by atoms with Crippen LogP contribution in [0.3, 0.4) is 0 Å². The van der Waals surface area contributed by atoms with Gasteiger partial charge in [-0.2, -0.15) is 0 Å². The highest BCUT2D eigenvalue weighted by atomic mass is 19.1. The van der Waals surface area contributed by atoms with Crippen LogP contribution < -0.4 is 5.32 Å². The number of amides is 2. The Morgan fingerprint density at radius 3 is 2.55 bits per heavy atom. The number of urea groups is 1. The molecule has 3 heterocycles. The van der Waals surface area contributed by atoms with Gasteiger partial charge in [-0.3, -0.25) is 9.47 Å². The molecule has 0 unspecified atom stereocenters. The third kappa shape index (κ3) is 4.40. The zero-order valence-corrected chi connectivity index (χ0v) is 17.8. The standard InChI is InChI=1S/C24H22F2N6O/c25-17-8-9-19(26)21(15-17)29-24(33)31-13-11-30(12-14-31)16-22-28-20-7-4-10-27-23(20)32(22)18-5-2-1-3-6-18/h1-10,15H,11-14,16H2,(H,29,33). The van der Waals surface area contributed by atoms with Crippen LogP contribution in [-0.2, 0) is 6.54 Å². The van der Waals surface area contributed by atoms with Crippen LogP contribution in [0.25, 0.3) is 16.9 Å². The van der Waals surface area contributed by atoms with E-state index in [0.717, 1.165) is 40.9 Å². The number of para-hydroxylation sites is 1. The van der Waals surface area contributed by atoms with Crippen molar-refractivity contribution in [2.24, 2.45) is 0 Å². The first kappa shape index (κ1) is 21.0. The minimum atomic E-state index is -0.670. The van der Waals surface area contributed by atoms with Crippen molar-refractivity contribution in [2.45, 2.75) is 6.54 Å². The van der Waals surface area contributed by atoms with Crippen molar-refractivity contribution in [3.63, 3.8) is 0 Å². The Kier molecular flexibility index (Phi) is 5.70. The zero-order valence-electron chi connectivity index (χ0n) is 17.8. The van der Waals surface area contributed by atoms with Crippen LogP contribution in [0.2, 0.25) is 0 Å². The number of nitrogens with one attached hydrogen (secondary N) is 1. The van der Waals surface area contributed by atoms with E-state index < -0.39 is 17.7 Å². The van der Waals surface area contributed by atoms with Gasteiger partial charge in [-0.05, 0) is 36.4 Å². The van der Waals surface area contributed by atoms with Gasteiger partial charge in [0.15, 0.2) is 5.65 Å². The molecule has 0 atom stereocenters. The molecule has 2 amide bonds. The average Bonchev–Trinajstić information content (AvgIpc) is 3.20. The number of imidazole rings is 1. The molecule has 2 aromatic carbocycles. The second kappa shape index (κ2) is 8.95. The van der Waals surface area contributed by atoms with Gasteiger partial charge < -0.3 is 10.2 Å². The lowest BCUT2D eigenvalue weighted by molar-refractivity contribution is 0.140. The van der Waals surface area contributed by atoms with E-state index in [-0.39, 0.29) is 5.69 Å². The SMILES string of the molecule is O=C(Nc1cc(F)ccc1F)N1CCN(Cc2nc3cccnc3n2-c2ccccc2)CC1. The maximum atomic E-state index is 13.8. The molecule has 33 heavy (non-hydrogen) atoms. The van der Waals surface area contributed by atoms with Crippen molar-refractivity contribution in [1.29, 1.82) is 0 Å². The molecular weight excluding hydrogens is 426 g/mol. The number of carbonyl (C=O) groups is 1. The van der Waals surface area contributed by atoms with Crippen molar-refractivity contribution < 1.29 is 13.6 Å². The van der Waals surface area contributed by atoms with Gasteiger partial charge in [0, 0.05) is 44.1 Å². The molecule has 4 aromatic rings. The summed E-state index contributed by atoms with van der Waals surface area (Å²) in [6.45, 7) is 2.79. The van der Waals surface area contributed by atoms with Crippen LogP contribution in [0.5, 0.6) is 0 Å². The van der Waals surface area contributed by atoms with Gasteiger partial charge in [0.25, 0.3) is 0 Å². The van der Waals surface area contributed by atoms with Crippen molar-refractivity contribution in [1.82, 2.24) is 24.3 Å². The van der Waals surface area contributed by atoms with Crippen molar-refractivity contribution in [3.8, 4) is 5.69 Å². The summed E-state index contributed by atoms with van der Waals surface area (Å²) < 4.78 is 29.3. The quantitative estimate of drug-likeness (QED) is 0.512. The molecule has 1 aliphatic rings. The molecule has 9 heteroatoms. The van der Waals surface area contributed by atoms with E-state index in [0.29, 0.717) is 32.7 Å². The number of aromatic nitrogens is 3. The molecule has 0 spiro atoms.